The first-order chi connectivity index (χ1) is 6.13. The van der Waals surface area contributed by atoms with Crippen LogP contribution >= 0.6 is 15.9 Å². The maximum Gasteiger partial charge on any atom is 0.316 e. The Bertz CT molecular complexity index is 383. The number of anilines is 1. The number of hydrogen-bond donors (Lipinski definition) is 2. The van der Waals surface area contributed by atoms with Crippen molar-refractivity contribution in [1.29, 1.82) is 5.26 Å². The van der Waals surface area contributed by atoms with Gasteiger partial charge in [0.05, 0.1) is 11.3 Å². The Kier molecular flexibility index (Phi) is 2.88. The van der Waals surface area contributed by atoms with E-state index in [0.717, 1.165) is 4.47 Å². The number of nitrogens with one attached hydrogen (secondary N) is 1. The van der Waals surface area contributed by atoms with Gasteiger partial charge in [0.15, 0.2) is 0 Å². The number of halogens is 1. The quantitative estimate of drug-likeness (QED) is 0.784. The van der Waals surface area contributed by atoms with Gasteiger partial charge in [0.25, 0.3) is 0 Å². The fourth-order valence-electron chi connectivity index (χ4n) is 0.850. The number of hydrogen-bond acceptors (Lipinski definition) is 2. The van der Waals surface area contributed by atoms with Crippen LogP contribution < -0.4 is 11.1 Å². The third kappa shape index (κ3) is 2.46. The van der Waals surface area contributed by atoms with Crippen LogP contribution in [0.1, 0.15) is 5.56 Å². The van der Waals surface area contributed by atoms with Gasteiger partial charge >= 0.3 is 6.03 Å². The van der Waals surface area contributed by atoms with Crippen LogP contribution in [0.25, 0.3) is 0 Å². The summed E-state index contributed by atoms with van der Waals surface area (Å²) in [4.78, 5) is 10.5. The summed E-state index contributed by atoms with van der Waals surface area (Å²) < 4.78 is 0.773. The van der Waals surface area contributed by atoms with E-state index in [1.807, 2.05) is 6.07 Å². The monoisotopic (exact) mass is 239 g/mol. The first-order valence-corrected chi connectivity index (χ1v) is 4.19. The van der Waals surface area contributed by atoms with E-state index in [-0.39, 0.29) is 0 Å². The molecule has 5 heteroatoms. The van der Waals surface area contributed by atoms with Crippen LogP contribution in [0.4, 0.5) is 10.5 Å². The van der Waals surface area contributed by atoms with E-state index < -0.39 is 6.03 Å². The molecule has 0 fully saturated rings. The number of rotatable bonds is 1. The van der Waals surface area contributed by atoms with Gasteiger partial charge in [-0.3, -0.25) is 0 Å². The molecule has 0 heterocycles. The van der Waals surface area contributed by atoms with Crippen molar-refractivity contribution in [1.82, 2.24) is 0 Å². The van der Waals surface area contributed by atoms with Crippen LogP contribution in [0.5, 0.6) is 0 Å². The zero-order chi connectivity index (χ0) is 9.84. The summed E-state index contributed by atoms with van der Waals surface area (Å²) >= 11 is 3.21. The van der Waals surface area contributed by atoms with Crippen molar-refractivity contribution in [2.45, 2.75) is 0 Å². The molecular formula is C8H6BrN3O. The second-order valence-electron chi connectivity index (χ2n) is 2.29. The molecule has 2 amide bonds. The number of primary amides is 1. The molecule has 1 rings (SSSR count). The highest BCUT2D eigenvalue weighted by Gasteiger charge is 2.03. The Morgan fingerprint density at radius 2 is 2.31 bits per heavy atom. The van der Waals surface area contributed by atoms with Crippen molar-refractivity contribution >= 4 is 27.6 Å². The number of urea groups is 1. The smallest absolute Gasteiger partial charge is 0.316 e. The number of nitrogens with zero attached hydrogens (tertiary/aromatic N) is 1. The highest BCUT2D eigenvalue weighted by molar-refractivity contribution is 9.10. The van der Waals surface area contributed by atoms with Crippen LogP contribution in [-0.4, -0.2) is 6.03 Å². The number of nitrogens with two attached hydrogens (primary N) is 1. The predicted octanol–water partition coefficient (Wildman–Crippen LogP) is 1.81. The summed E-state index contributed by atoms with van der Waals surface area (Å²) in [6, 6.07) is 6.17. The minimum Gasteiger partial charge on any atom is -0.351 e. The fourth-order valence-corrected chi connectivity index (χ4v) is 1.21. The number of benzene rings is 1. The number of carbonyl (C=O) groups excluding carboxylic acids is 1. The van der Waals surface area contributed by atoms with Crippen molar-refractivity contribution in [3.05, 3.63) is 28.2 Å². The lowest BCUT2D eigenvalue weighted by Crippen LogP contribution is -2.19. The molecule has 0 saturated heterocycles. The molecule has 0 radical (unpaired) electrons. The molecule has 4 nitrogen and oxygen atoms in total. The van der Waals surface area contributed by atoms with Gasteiger partial charge in [0, 0.05) is 4.47 Å². The highest BCUT2D eigenvalue weighted by atomic mass is 79.9. The zero-order valence-electron chi connectivity index (χ0n) is 6.54. The second kappa shape index (κ2) is 3.92. The van der Waals surface area contributed by atoms with E-state index in [9.17, 15) is 4.79 Å². The molecule has 13 heavy (non-hydrogen) atoms. The SMILES string of the molecule is N#Cc1ccc(Br)cc1NC(N)=O. The third-order valence-corrected chi connectivity index (χ3v) is 1.85. The summed E-state index contributed by atoms with van der Waals surface area (Å²) in [5.41, 5.74) is 5.71. The van der Waals surface area contributed by atoms with Crippen molar-refractivity contribution in [3.8, 4) is 6.07 Å². The summed E-state index contributed by atoms with van der Waals surface area (Å²) in [6.45, 7) is 0. The summed E-state index contributed by atoms with van der Waals surface area (Å²) in [5.74, 6) is 0. The van der Waals surface area contributed by atoms with Gasteiger partial charge in [-0.25, -0.2) is 4.79 Å². The normalized spacial score (nSPS) is 8.92. The molecule has 1 aromatic rings. The molecule has 0 aromatic heterocycles. The lowest BCUT2D eigenvalue weighted by molar-refractivity contribution is 0.259. The first kappa shape index (κ1) is 9.55. The molecule has 0 aliphatic heterocycles. The van der Waals surface area contributed by atoms with Crippen molar-refractivity contribution in [2.75, 3.05) is 5.32 Å². The first-order valence-electron chi connectivity index (χ1n) is 3.39. The summed E-state index contributed by atoms with van der Waals surface area (Å²) in [5, 5.41) is 11.0. The van der Waals surface area contributed by atoms with Crippen molar-refractivity contribution in [2.24, 2.45) is 5.73 Å². The number of amides is 2. The summed E-state index contributed by atoms with van der Waals surface area (Å²) in [6.07, 6.45) is 0. The Morgan fingerprint density at radius 1 is 1.62 bits per heavy atom. The molecule has 0 aliphatic carbocycles. The van der Waals surface area contributed by atoms with E-state index in [1.165, 1.54) is 0 Å². The van der Waals surface area contributed by atoms with E-state index in [0.29, 0.717) is 11.3 Å². The van der Waals surface area contributed by atoms with Crippen LogP contribution in [0.15, 0.2) is 22.7 Å². The molecule has 0 bridgehead atoms. The van der Waals surface area contributed by atoms with Crippen LogP contribution in [0.3, 0.4) is 0 Å². The molecule has 0 saturated carbocycles. The Morgan fingerprint density at radius 3 is 2.85 bits per heavy atom. The molecule has 0 unspecified atom stereocenters. The van der Waals surface area contributed by atoms with Gasteiger partial charge < -0.3 is 11.1 Å². The molecule has 0 aliphatic rings. The molecule has 0 spiro atoms. The maximum absolute atomic E-state index is 10.5. The average molecular weight is 240 g/mol. The topological polar surface area (TPSA) is 78.9 Å². The van der Waals surface area contributed by atoms with E-state index in [4.69, 9.17) is 11.0 Å². The molecular weight excluding hydrogens is 234 g/mol. The maximum atomic E-state index is 10.5. The second-order valence-corrected chi connectivity index (χ2v) is 3.21. The van der Waals surface area contributed by atoms with Crippen LogP contribution in [-0.2, 0) is 0 Å². The number of carbonyl (C=O) groups is 1. The average Bonchev–Trinajstić information content (AvgIpc) is 2.03. The number of nitriles is 1. The van der Waals surface area contributed by atoms with Gasteiger partial charge in [0.1, 0.15) is 6.07 Å². The molecule has 1 aromatic carbocycles. The predicted molar refractivity (Wildman–Crippen MR) is 52.1 cm³/mol. The van der Waals surface area contributed by atoms with Crippen molar-refractivity contribution < 1.29 is 4.79 Å². The van der Waals surface area contributed by atoms with Crippen LogP contribution in [0, 0.1) is 11.3 Å². The van der Waals surface area contributed by atoms with E-state index >= 15 is 0 Å². The lowest BCUT2D eigenvalue weighted by Gasteiger charge is -2.03. The van der Waals surface area contributed by atoms with Gasteiger partial charge in [0.2, 0.25) is 0 Å². The van der Waals surface area contributed by atoms with E-state index in [1.54, 1.807) is 18.2 Å². The van der Waals surface area contributed by atoms with Crippen molar-refractivity contribution in [3.63, 3.8) is 0 Å². The van der Waals surface area contributed by atoms with Gasteiger partial charge in [-0.15, -0.1) is 0 Å². The minimum absolute atomic E-state index is 0.377. The lowest BCUT2D eigenvalue weighted by atomic mass is 10.2. The Labute approximate surface area is 83.5 Å². The van der Waals surface area contributed by atoms with Gasteiger partial charge in [-0.05, 0) is 18.2 Å². The third-order valence-electron chi connectivity index (χ3n) is 1.36. The van der Waals surface area contributed by atoms with Gasteiger partial charge in [-0.1, -0.05) is 15.9 Å². The standard InChI is InChI=1S/C8H6BrN3O/c9-6-2-1-5(4-10)7(3-6)12-8(11)13/h1-3H,(H3,11,12,13). The largest absolute Gasteiger partial charge is 0.351 e. The minimum atomic E-state index is -0.686. The van der Waals surface area contributed by atoms with Crippen LogP contribution in [0.2, 0.25) is 0 Å². The zero-order valence-corrected chi connectivity index (χ0v) is 8.13. The molecule has 66 valence electrons. The fraction of sp³-hybridized carbons (Fsp3) is 0. The Balaban J connectivity index is 3.10. The van der Waals surface area contributed by atoms with E-state index in [2.05, 4.69) is 21.2 Å². The highest BCUT2D eigenvalue weighted by Crippen LogP contribution is 2.20. The van der Waals surface area contributed by atoms with Gasteiger partial charge in [-0.2, -0.15) is 5.26 Å². The molecule has 0 atom stereocenters. The Hall–Kier alpha value is -1.54. The summed E-state index contributed by atoms with van der Waals surface area (Å²) in [7, 11) is 0. The molecule has 3 N–H and O–H groups in total.